The van der Waals surface area contributed by atoms with Crippen LogP contribution in [0.3, 0.4) is 0 Å². The molecule has 0 rings (SSSR count). The van der Waals surface area contributed by atoms with Crippen molar-refractivity contribution in [1.82, 2.24) is 5.32 Å². The number of alkyl halides is 3. The van der Waals surface area contributed by atoms with Gasteiger partial charge in [0.05, 0.1) is 0 Å². The van der Waals surface area contributed by atoms with Gasteiger partial charge in [-0.25, -0.2) is 0 Å². The Morgan fingerprint density at radius 1 is 1.17 bits per heavy atom. The lowest BCUT2D eigenvalue weighted by atomic mass is 9.96. The second kappa shape index (κ2) is 9.62. The molecule has 0 aromatic heterocycles. The summed E-state index contributed by atoms with van der Waals surface area (Å²) in [6, 6.07) is 0.254. The fourth-order valence-corrected chi connectivity index (χ4v) is 2.10. The molecule has 0 aliphatic rings. The molecule has 5 heteroatoms. The predicted molar refractivity (Wildman–Crippen MR) is 67.6 cm³/mol. The lowest BCUT2D eigenvalue weighted by molar-refractivity contribution is -0.174. The summed E-state index contributed by atoms with van der Waals surface area (Å²) in [4.78, 5) is 0. The number of hydrogen-bond donors (Lipinski definition) is 1. The minimum Gasteiger partial charge on any atom is -0.372 e. The number of halogens is 3. The first-order valence-electron chi connectivity index (χ1n) is 6.76. The molecule has 1 N–H and O–H groups in total. The zero-order chi connectivity index (χ0) is 14.0. The van der Waals surface area contributed by atoms with E-state index in [0.717, 1.165) is 25.8 Å². The summed E-state index contributed by atoms with van der Waals surface area (Å²) in [6.07, 6.45) is -0.284. The van der Waals surface area contributed by atoms with E-state index in [2.05, 4.69) is 23.9 Å². The van der Waals surface area contributed by atoms with E-state index in [9.17, 15) is 13.2 Å². The molecule has 110 valence electrons. The zero-order valence-corrected chi connectivity index (χ0v) is 11.6. The van der Waals surface area contributed by atoms with Gasteiger partial charge < -0.3 is 10.1 Å². The van der Waals surface area contributed by atoms with Crippen LogP contribution in [-0.4, -0.2) is 32.0 Å². The Labute approximate surface area is 108 Å². The summed E-state index contributed by atoms with van der Waals surface area (Å²) in [5.41, 5.74) is 0. The third-order valence-corrected chi connectivity index (χ3v) is 2.84. The van der Waals surface area contributed by atoms with E-state index in [0.29, 0.717) is 12.3 Å². The van der Waals surface area contributed by atoms with Gasteiger partial charge in [0.2, 0.25) is 0 Å². The van der Waals surface area contributed by atoms with Crippen LogP contribution in [0.5, 0.6) is 0 Å². The van der Waals surface area contributed by atoms with Crippen molar-refractivity contribution in [3.8, 4) is 0 Å². The van der Waals surface area contributed by atoms with Gasteiger partial charge in [-0.15, -0.1) is 0 Å². The van der Waals surface area contributed by atoms with Gasteiger partial charge in [0.25, 0.3) is 0 Å². The van der Waals surface area contributed by atoms with Gasteiger partial charge in [-0.3, -0.25) is 0 Å². The van der Waals surface area contributed by atoms with E-state index >= 15 is 0 Å². The summed E-state index contributed by atoms with van der Waals surface area (Å²) in [5.74, 6) is 0.599. The highest BCUT2D eigenvalue weighted by atomic mass is 19.4. The molecule has 0 bridgehead atoms. The smallest absolute Gasteiger partial charge is 0.372 e. The van der Waals surface area contributed by atoms with Crippen LogP contribution in [0.25, 0.3) is 0 Å². The highest BCUT2D eigenvalue weighted by molar-refractivity contribution is 4.69. The Morgan fingerprint density at radius 2 is 1.83 bits per heavy atom. The Hall–Kier alpha value is -0.290. The summed E-state index contributed by atoms with van der Waals surface area (Å²) >= 11 is 0. The number of ether oxygens (including phenoxy) is 1. The average molecular weight is 269 g/mol. The van der Waals surface area contributed by atoms with Crippen molar-refractivity contribution in [2.75, 3.05) is 19.8 Å². The molecular weight excluding hydrogens is 243 g/mol. The third kappa shape index (κ3) is 10.8. The SMILES string of the molecule is CCCC(C)CC(CCOCC(F)(F)F)NCC. The molecule has 0 heterocycles. The van der Waals surface area contributed by atoms with Crippen LogP contribution in [0, 0.1) is 5.92 Å². The van der Waals surface area contributed by atoms with E-state index in [1.165, 1.54) is 0 Å². The highest BCUT2D eigenvalue weighted by Crippen LogP contribution is 2.16. The van der Waals surface area contributed by atoms with Crippen LogP contribution < -0.4 is 5.32 Å². The third-order valence-electron chi connectivity index (χ3n) is 2.84. The van der Waals surface area contributed by atoms with Crippen molar-refractivity contribution in [3.05, 3.63) is 0 Å². The molecule has 0 radical (unpaired) electrons. The van der Waals surface area contributed by atoms with E-state index in [1.807, 2.05) is 6.92 Å². The molecule has 0 fully saturated rings. The van der Waals surface area contributed by atoms with Crippen molar-refractivity contribution in [1.29, 1.82) is 0 Å². The maximum Gasteiger partial charge on any atom is 0.411 e. The van der Waals surface area contributed by atoms with Crippen molar-refractivity contribution in [2.45, 2.75) is 58.7 Å². The highest BCUT2D eigenvalue weighted by Gasteiger charge is 2.27. The summed E-state index contributed by atoms with van der Waals surface area (Å²) < 4.78 is 40.3. The first-order chi connectivity index (χ1) is 8.39. The second-order valence-corrected chi connectivity index (χ2v) is 4.84. The zero-order valence-electron chi connectivity index (χ0n) is 11.6. The minimum atomic E-state index is -4.22. The summed E-state index contributed by atoms with van der Waals surface area (Å²) in [5, 5.41) is 3.31. The minimum absolute atomic E-state index is 0.163. The van der Waals surface area contributed by atoms with Crippen molar-refractivity contribution in [2.24, 2.45) is 5.92 Å². The van der Waals surface area contributed by atoms with E-state index < -0.39 is 12.8 Å². The van der Waals surface area contributed by atoms with Gasteiger partial charge in [-0.2, -0.15) is 13.2 Å². The van der Waals surface area contributed by atoms with E-state index in [-0.39, 0.29) is 12.6 Å². The molecule has 2 atom stereocenters. The fourth-order valence-electron chi connectivity index (χ4n) is 2.10. The molecule has 18 heavy (non-hydrogen) atoms. The van der Waals surface area contributed by atoms with Crippen LogP contribution in [-0.2, 0) is 4.74 Å². The fraction of sp³-hybridized carbons (Fsp3) is 1.00. The van der Waals surface area contributed by atoms with Crippen LogP contribution in [0.2, 0.25) is 0 Å². The Morgan fingerprint density at radius 3 is 2.33 bits per heavy atom. The molecule has 2 unspecified atom stereocenters. The molecular formula is C13H26F3NO. The second-order valence-electron chi connectivity index (χ2n) is 4.84. The maximum atomic E-state index is 11.9. The quantitative estimate of drug-likeness (QED) is 0.610. The van der Waals surface area contributed by atoms with E-state index in [4.69, 9.17) is 0 Å². The first-order valence-corrected chi connectivity index (χ1v) is 6.76. The van der Waals surface area contributed by atoms with Crippen LogP contribution in [0.15, 0.2) is 0 Å². The number of nitrogens with one attached hydrogen (secondary N) is 1. The van der Waals surface area contributed by atoms with Crippen molar-refractivity contribution in [3.63, 3.8) is 0 Å². The van der Waals surface area contributed by atoms with Gasteiger partial charge in [-0.05, 0) is 25.3 Å². The maximum absolute atomic E-state index is 11.9. The van der Waals surface area contributed by atoms with Crippen LogP contribution >= 0.6 is 0 Å². The Bertz CT molecular complexity index is 197. The van der Waals surface area contributed by atoms with Gasteiger partial charge in [0, 0.05) is 12.6 Å². The molecule has 0 aliphatic heterocycles. The molecule has 0 aromatic rings. The van der Waals surface area contributed by atoms with Gasteiger partial charge in [-0.1, -0.05) is 33.6 Å². The molecule has 2 nitrogen and oxygen atoms in total. The lowest BCUT2D eigenvalue weighted by Gasteiger charge is -2.21. The Balaban J connectivity index is 3.82. The standard InChI is InChI=1S/C13H26F3NO/c1-4-6-11(3)9-12(17-5-2)7-8-18-10-13(14,15)16/h11-12,17H,4-10H2,1-3H3. The molecule has 0 aromatic carbocycles. The van der Waals surface area contributed by atoms with Gasteiger partial charge in [0.1, 0.15) is 6.61 Å². The number of hydrogen-bond acceptors (Lipinski definition) is 2. The summed E-state index contributed by atoms with van der Waals surface area (Å²) in [6.45, 7) is 6.19. The normalized spacial score (nSPS) is 15.7. The molecule has 0 saturated heterocycles. The monoisotopic (exact) mass is 269 g/mol. The van der Waals surface area contributed by atoms with Crippen molar-refractivity contribution >= 4 is 0 Å². The van der Waals surface area contributed by atoms with E-state index in [1.54, 1.807) is 0 Å². The van der Waals surface area contributed by atoms with Gasteiger partial charge >= 0.3 is 6.18 Å². The first kappa shape index (κ1) is 17.7. The molecule has 0 amide bonds. The Kier molecular flexibility index (Phi) is 9.46. The van der Waals surface area contributed by atoms with Gasteiger partial charge in [0.15, 0.2) is 0 Å². The van der Waals surface area contributed by atoms with Crippen LogP contribution in [0.1, 0.15) is 46.5 Å². The van der Waals surface area contributed by atoms with Crippen molar-refractivity contribution < 1.29 is 17.9 Å². The largest absolute Gasteiger partial charge is 0.411 e. The molecule has 0 spiro atoms. The predicted octanol–water partition coefficient (Wildman–Crippen LogP) is 3.76. The molecule has 0 saturated carbocycles. The molecule has 0 aliphatic carbocycles. The van der Waals surface area contributed by atoms with Crippen LogP contribution in [0.4, 0.5) is 13.2 Å². The average Bonchev–Trinajstić information content (AvgIpc) is 2.23. The summed E-state index contributed by atoms with van der Waals surface area (Å²) in [7, 11) is 0. The lowest BCUT2D eigenvalue weighted by Crippen LogP contribution is -2.32. The number of rotatable bonds is 10. The topological polar surface area (TPSA) is 21.3 Å².